The Bertz CT molecular complexity index is 370. The predicted molar refractivity (Wildman–Crippen MR) is 73.8 cm³/mol. The van der Waals surface area contributed by atoms with E-state index in [0.717, 1.165) is 12.1 Å². The zero-order chi connectivity index (χ0) is 14.1. The first-order valence-electron chi connectivity index (χ1n) is 6.41. The Morgan fingerprint density at radius 1 is 1.21 bits per heavy atom. The van der Waals surface area contributed by atoms with Gasteiger partial charge in [-0.3, -0.25) is 0 Å². The molecule has 2 N–H and O–H groups in total. The second-order valence-electron chi connectivity index (χ2n) is 4.16. The van der Waals surface area contributed by atoms with E-state index in [-0.39, 0.29) is 13.2 Å². The van der Waals surface area contributed by atoms with E-state index in [2.05, 4.69) is 5.32 Å². The van der Waals surface area contributed by atoms with Crippen molar-refractivity contribution in [2.24, 2.45) is 0 Å². The molecule has 5 nitrogen and oxygen atoms in total. The van der Waals surface area contributed by atoms with Gasteiger partial charge in [-0.15, -0.1) is 0 Å². The third kappa shape index (κ3) is 5.46. The molecule has 0 saturated heterocycles. The van der Waals surface area contributed by atoms with Crippen molar-refractivity contribution >= 4 is 0 Å². The summed E-state index contributed by atoms with van der Waals surface area (Å²) in [6, 6.07) is 5.77. The van der Waals surface area contributed by atoms with Gasteiger partial charge in [-0.1, -0.05) is 6.07 Å². The van der Waals surface area contributed by atoms with Crippen LogP contribution in [0.5, 0.6) is 11.5 Å². The molecule has 0 heterocycles. The fraction of sp³-hybridized carbons (Fsp3) is 0.571. The fourth-order valence-corrected chi connectivity index (χ4v) is 1.68. The maximum atomic E-state index is 9.57. The number of nitrogens with one attached hydrogen (secondary N) is 1. The smallest absolute Gasteiger partial charge is 0.161 e. The number of hydrogen-bond acceptors (Lipinski definition) is 5. The standard InChI is InChI=1S/C14H23NO4/c1-4-18-14-7-11(8-15-2)5-6-13(14)19-10-12(16)9-17-3/h5-7,12,15-16H,4,8-10H2,1-3H3. The quantitative estimate of drug-likeness (QED) is 0.705. The molecule has 0 aliphatic rings. The highest BCUT2D eigenvalue weighted by Crippen LogP contribution is 2.28. The minimum Gasteiger partial charge on any atom is -0.490 e. The van der Waals surface area contributed by atoms with Crippen molar-refractivity contribution in [3.8, 4) is 11.5 Å². The highest BCUT2D eigenvalue weighted by atomic mass is 16.5. The van der Waals surface area contributed by atoms with Gasteiger partial charge in [0.2, 0.25) is 0 Å². The van der Waals surface area contributed by atoms with Gasteiger partial charge in [0.05, 0.1) is 13.2 Å². The van der Waals surface area contributed by atoms with Crippen LogP contribution in [0.4, 0.5) is 0 Å². The molecule has 0 bridgehead atoms. The molecule has 19 heavy (non-hydrogen) atoms. The molecule has 0 aromatic heterocycles. The summed E-state index contributed by atoms with van der Waals surface area (Å²) in [7, 11) is 3.44. The van der Waals surface area contributed by atoms with Crippen LogP contribution in [-0.2, 0) is 11.3 Å². The van der Waals surface area contributed by atoms with Crippen molar-refractivity contribution in [1.82, 2.24) is 5.32 Å². The van der Waals surface area contributed by atoms with E-state index in [0.29, 0.717) is 18.1 Å². The Morgan fingerprint density at radius 2 is 2.00 bits per heavy atom. The first-order chi connectivity index (χ1) is 9.21. The summed E-state index contributed by atoms with van der Waals surface area (Å²) in [6.07, 6.45) is -0.642. The number of rotatable bonds is 9. The van der Waals surface area contributed by atoms with Crippen LogP contribution < -0.4 is 14.8 Å². The predicted octanol–water partition coefficient (Wildman–Crippen LogP) is 1.19. The highest BCUT2D eigenvalue weighted by Gasteiger charge is 2.09. The third-order valence-corrected chi connectivity index (χ3v) is 2.48. The summed E-state index contributed by atoms with van der Waals surface area (Å²) in [5.41, 5.74) is 1.12. The average molecular weight is 269 g/mol. The lowest BCUT2D eigenvalue weighted by Gasteiger charge is -2.15. The monoisotopic (exact) mass is 269 g/mol. The van der Waals surface area contributed by atoms with Gasteiger partial charge in [0, 0.05) is 13.7 Å². The molecule has 0 saturated carbocycles. The van der Waals surface area contributed by atoms with Crippen LogP contribution in [0.1, 0.15) is 12.5 Å². The summed E-state index contributed by atoms with van der Waals surface area (Å²) in [5, 5.41) is 12.7. The summed E-state index contributed by atoms with van der Waals surface area (Å²) >= 11 is 0. The zero-order valence-electron chi connectivity index (χ0n) is 11.8. The second kappa shape index (κ2) is 8.74. The molecule has 1 atom stereocenters. The number of hydrogen-bond donors (Lipinski definition) is 2. The largest absolute Gasteiger partial charge is 0.490 e. The molecule has 1 rings (SSSR count). The summed E-state index contributed by atoms with van der Waals surface area (Å²) in [5.74, 6) is 1.33. The molecule has 0 aliphatic heterocycles. The van der Waals surface area contributed by atoms with Crippen LogP contribution in [0, 0.1) is 0 Å². The molecule has 0 fully saturated rings. The van der Waals surface area contributed by atoms with Gasteiger partial charge >= 0.3 is 0 Å². The van der Waals surface area contributed by atoms with E-state index < -0.39 is 6.10 Å². The lowest BCUT2D eigenvalue weighted by Crippen LogP contribution is -2.22. The van der Waals surface area contributed by atoms with Crippen LogP contribution in [0.15, 0.2) is 18.2 Å². The lowest BCUT2D eigenvalue weighted by molar-refractivity contribution is 0.0318. The third-order valence-electron chi connectivity index (χ3n) is 2.48. The average Bonchev–Trinajstić information content (AvgIpc) is 2.39. The minimum absolute atomic E-state index is 0.180. The first-order valence-corrected chi connectivity index (χ1v) is 6.41. The maximum absolute atomic E-state index is 9.57. The van der Waals surface area contributed by atoms with Crippen LogP contribution >= 0.6 is 0 Å². The van der Waals surface area contributed by atoms with E-state index in [1.165, 1.54) is 0 Å². The van der Waals surface area contributed by atoms with Crippen LogP contribution in [0.2, 0.25) is 0 Å². The van der Waals surface area contributed by atoms with Gasteiger partial charge in [0.1, 0.15) is 12.7 Å². The van der Waals surface area contributed by atoms with E-state index >= 15 is 0 Å². The van der Waals surface area contributed by atoms with Crippen LogP contribution in [0.3, 0.4) is 0 Å². The molecule has 1 aromatic carbocycles. The van der Waals surface area contributed by atoms with Crippen LogP contribution in [0.25, 0.3) is 0 Å². The topological polar surface area (TPSA) is 60.0 Å². The van der Waals surface area contributed by atoms with E-state index in [1.54, 1.807) is 7.11 Å². The number of benzene rings is 1. The van der Waals surface area contributed by atoms with Crippen molar-refractivity contribution in [3.05, 3.63) is 23.8 Å². The molecule has 0 spiro atoms. The Hall–Kier alpha value is -1.30. The molecular weight excluding hydrogens is 246 g/mol. The summed E-state index contributed by atoms with van der Waals surface area (Å²) < 4.78 is 16.0. The van der Waals surface area contributed by atoms with Gasteiger partial charge in [-0.25, -0.2) is 0 Å². The number of ether oxygens (including phenoxy) is 3. The van der Waals surface area contributed by atoms with Gasteiger partial charge in [-0.05, 0) is 31.7 Å². The molecule has 108 valence electrons. The Balaban J connectivity index is 2.69. The minimum atomic E-state index is -0.642. The van der Waals surface area contributed by atoms with Crippen molar-refractivity contribution < 1.29 is 19.3 Å². The fourth-order valence-electron chi connectivity index (χ4n) is 1.68. The van der Waals surface area contributed by atoms with Gasteiger partial charge in [-0.2, -0.15) is 0 Å². The second-order valence-corrected chi connectivity index (χ2v) is 4.16. The van der Waals surface area contributed by atoms with Gasteiger partial charge in [0.25, 0.3) is 0 Å². The van der Waals surface area contributed by atoms with Crippen molar-refractivity contribution in [3.63, 3.8) is 0 Å². The Morgan fingerprint density at radius 3 is 2.63 bits per heavy atom. The number of aliphatic hydroxyl groups is 1. The van der Waals surface area contributed by atoms with Crippen molar-refractivity contribution in [1.29, 1.82) is 0 Å². The highest BCUT2D eigenvalue weighted by molar-refractivity contribution is 5.43. The Kier molecular flexibility index (Phi) is 7.25. The van der Waals surface area contributed by atoms with Crippen molar-refractivity contribution in [2.45, 2.75) is 19.6 Å². The molecular formula is C14H23NO4. The molecule has 0 amide bonds. The molecule has 1 aromatic rings. The SMILES string of the molecule is CCOc1cc(CNC)ccc1OCC(O)COC. The zero-order valence-corrected chi connectivity index (χ0v) is 11.8. The molecule has 1 unspecified atom stereocenters. The summed E-state index contributed by atoms with van der Waals surface area (Å²) in [4.78, 5) is 0. The molecule has 5 heteroatoms. The van der Waals surface area contributed by atoms with Crippen LogP contribution in [-0.4, -0.2) is 45.2 Å². The summed E-state index contributed by atoms with van der Waals surface area (Å²) in [6.45, 7) is 3.70. The van der Waals surface area contributed by atoms with Gasteiger partial charge in [0.15, 0.2) is 11.5 Å². The number of methoxy groups -OCH3 is 1. The Labute approximate surface area is 114 Å². The maximum Gasteiger partial charge on any atom is 0.161 e. The van der Waals surface area contributed by atoms with E-state index in [1.807, 2.05) is 32.2 Å². The lowest BCUT2D eigenvalue weighted by atomic mass is 10.2. The molecule has 0 aliphatic carbocycles. The first kappa shape index (κ1) is 15.8. The molecule has 0 radical (unpaired) electrons. The number of aliphatic hydroxyl groups excluding tert-OH is 1. The van der Waals surface area contributed by atoms with Gasteiger partial charge < -0.3 is 24.6 Å². The van der Waals surface area contributed by atoms with E-state index in [4.69, 9.17) is 14.2 Å². The van der Waals surface area contributed by atoms with E-state index in [9.17, 15) is 5.11 Å². The van der Waals surface area contributed by atoms with Crippen molar-refractivity contribution in [2.75, 3.05) is 34.0 Å². The normalized spacial score (nSPS) is 12.2.